The van der Waals surface area contributed by atoms with Gasteiger partial charge in [-0.3, -0.25) is 0 Å². The third kappa shape index (κ3) is 3.53. The molecule has 0 aromatic heterocycles. The molecule has 3 nitrogen and oxygen atoms in total. The van der Waals surface area contributed by atoms with E-state index in [-0.39, 0.29) is 18.5 Å². The standard InChI is InChI=1S/C19H29ClO3/c1-12(2)14-11-15-16(13(14)9-7-5-6-8-10-20)17-18(21-15)23-19(3,4)22-17/h5,7,13,15-18H,6,8-11H2,1-4H3/b7-5-/t13-,15+,16+,17+,18+/m0/s1. The molecule has 1 saturated carbocycles. The summed E-state index contributed by atoms with van der Waals surface area (Å²) in [5.41, 5.74) is 2.98. The van der Waals surface area contributed by atoms with E-state index >= 15 is 0 Å². The topological polar surface area (TPSA) is 27.7 Å². The van der Waals surface area contributed by atoms with Gasteiger partial charge in [0.05, 0.1) is 6.10 Å². The van der Waals surface area contributed by atoms with Gasteiger partial charge in [-0.2, -0.15) is 0 Å². The first-order valence-corrected chi connectivity index (χ1v) is 9.34. The molecule has 3 fully saturated rings. The van der Waals surface area contributed by atoms with Crippen molar-refractivity contribution in [3.63, 3.8) is 0 Å². The Morgan fingerprint density at radius 2 is 2.04 bits per heavy atom. The maximum Gasteiger partial charge on any atom is 0.187 e. The molecule has 0 aromatic rings. The number of allylic oxidation sites excluding steroid dienone is 3. The number of unbranched alkanes of at least 4 members (excludes halogenated alkanes) is 1. The predicted octanol–water partition coefficient (Wildman–Crippen LogP) is 4.80. The van der Waals surface area contributed by atoms with Gasteiger partial charge in [0.2, 0.25) is 0 Å². The molecule has 0 N–H and O–H groups in total. The average molecular weight is 341 g/mol. The molecule has 4 heteroatoms. The van der Waals surface area contributed by atoms with Crippen LogP contribution in [-0.2, 0) is 14.2 Å². The van der Waals surface area contributed by atoms with Crippen molar-refractivity contribution in [3.05, 3.63) is 23.3 Å². The summed E-state index contributed by atoms with van der Waals surface area (Å²) in [5, 5.41) is 0. The average Bonchev–Trinajstić information content (AvgIpc) is 3.05. The normalized spacial score (nSPS) is 38.3. The first-order valence-electron chi connectivity index (χ1n) is 8.81. The van der Waals surface area contributed by atoms with Crippen LogP contribution in [0.2, 0.25) is 0 Å². The second kappa shape index (κ2) is 6.87. The number of fused-ring (bicyclic) bond motifs is 3. The van der Waals surface area contributed by atoms with Crippen molar-refractivity contribution in [1.29, 1.82) is 0 Å². The van der Waals surface area contributed by atoms with E-state index in [4.69, 9.17) is 25.8 Å². The lowest BCUT2D eigenvalue weighted by Gasteiger charge is -2.25. The number of hydrogen-bond acceptors (Lipinski definition) is 3. The molecule has 0 aromatic carbocycles. The van der Waals surface area contributed by atoms with Crippen LogP contribution in [0.1, 0.15) is 53.4 Å². The van der Waals surface area contributed by atoms with Gasteiger partial charge < -0.3 is 14.2 Å². The van der Waals surface area contributed by atoms with Gasteiger partial charge in [-0.1, -0.05) is 23.3 Å². The summed E-state index contributed by atoms with van der Waals surface area (Å²) in [6.07, 6.45) is 8.88. The Morgan fingerprint density at radius 1 is 1.26 bits per heavy atom. The molecule has 23 heavy (non-hydrogen) atoms. The van der Waals surface area contributed by atoms with Gasteiger partial charge in [0.1, 0.15) is 6.10 Å². The lowest BCUT2D eigenvalue weighted by atomic mass is 9.85. The van der Waals surface area contributed by atoms with Gasteiger partial charge in [-0.15, -0.1) is 11.6 Å². The maximum atomic E-state index is 6.18. The van der Waals surface area contributed by atoms with Crippen molar-refractivity contribution >= 4 is 11.6 Å². The van der Waals surface area contributed by atoms with Gasteiger partial charge in [-0.05, 0) is 59.3 Å². The Morgan fingerprint density at radius 3 is 2.74 bits per heavy atom. The van der Waals surface area contributed by atoms with E-state index in [2.05, 4.69) is 26.0 Å². The fourth-order valence-corrected chi connectivity index (χ4v) is 4.45. The summed E-state index contributed by atoms with van der Waals surface area (Å²) in [6.45, 7) is 8.38. The predicted molar refractivity (Wildman–Crippen MR) is 92.4 cm³/mol. The number of ether oxygens (including phenoxy) is 3. The monoisotopic (exact) mass is 340 g/mol. The molecule has 0 amide bonds. The molecule has 0 radical (unpaired) electrons. The summed E-state index contributed by atoms with van der Waals surface area (Å²) in [5.74, 6) is 1.11. The molecule has 2 saturated heterocycles. The smallest absolute Gasteiger partial charge is 0.187 e. The van der Waals surface area contributed by atoms with Crippen LogP contribution >= 0.6 is 11.6 Å². The largest absolute Gasteiger partial charge is 0.346 e. The molecule has 0 unspecified atom stereocenters. The molecule has 0 spiro atoms. The first kappa shape index (κ1) is 17.5. The van der Waals surface area contributed by atoms with E-state index in [0.29, 0.717) is 11.8 Å². The van der Waals surface area contributed by atoms with Crippen molar-refractivity contribution < 1.29 is 14.2 Å². The van der Waals surface area contributed by atoms with Crippen LogP contribution in [0.3, 0.4) is 0 Å². The molecule has 2 aliphatic heterocycles. The van der Waals surface area contributed by atoms with Crippen molar-refractivity contribution in [1.82, 2.24) is 0 Å². The maximum absolute atomic E-state index is 6.18. The molecule has 3 aliphatic rings. The van der Waals surface area contributed by atoms with Crippen LogP contribution < -0.4 is 0 Å². The zero-order valence-electron chi connectivity index (χ0n) is 14.7. The Kier molecular flexibility index (Phi) is 5.22. The van der Waals surface area contributed by atoms with E-state index in [1.54, 1.807) is 5.57 Å². The van der Waals surface area contributed by atoms with Crippen LogP contribution in [0.4, 0.5) is 0 Å². The highest BCUT2D eigenvalue weighted by Crippen LogP contribution is 2.53. The van der Waals surface area contributed by atoms with Crippen molar-refractivity contribution in [3.8, 4) is 0 Å². The number of halogens is 1. The van der Waals surface area contributed by atoms with Crippen LogP contribution in [0, 0.1) is 11.8 Å². The van der Waals surface area contributed by atoms with E-state index in [1.807, 2.05) is 13.8 Å². The quantitative estimate of drug-likeness (QED) is 0.408. The number of alkyl halides is 1. The van der Waals surface area contributed by atoms with Crippen molar-refractivity contribution in [2.45, 2.75) is 77.7 Å². The highest BCUT2D eigenvalue weighted by atomic mass is 35.5. The molecule has 5 atom stereocenters. The second-order valence-corrected chi connectivity index (χ2v) is 7.97. The second-order valence-electron chi connectivity index (χ2n) is 7.59. The number of rotatable bonds is 5. The highest BCUT2D eigenvalue weighted by Gasteiger charge is 2.59. The van der Waals surface area contributed by atoms with E-state index in [1.165, 1.54) is 5.57 Å². The summed E-state index contributed by atoms with van der Waals surface area (Å²) in [4.78, 5) is 0. The van der Waals surface area contributed by atoms with Crippen LogP contribution in [0.5, 0.6) is 0 Å². The van der Waals surface area contributed by atoms with Crippen LogP contribution in [0.25, 0.3) is 0 Å². The van der Waals surface area contributed by atoms with Gasteiger partial charge >= 0.3 is 0 Å². The molecule has 2 heterocycles. The molecule has 3 rings (SSSR count). The van der Waals surface area contributed by atoms with Gasteiger partial charge in [-0.25, -0.2) is 0 Å². The van der Waals surface area contributed by atoms with Crippen molar-refractivity contribution in [2.24, 2.45) is 11.8 Å². The third-order valence-electron chi connectivity index (χ3n) is 5.24. The minimum Gasteiger partial charge on any atom is -0.346 e. The lowest BCUT2D eigenvalue weighted by Crippen LogP contribution is -2.31. The fourth-order valence-electron chi connectivity index (χ4n) is 4.30. The molecular formula is C19H29ClO3. The highest BCUT2D eigenvalue weighted by molar-refractivity contribution is 6.17. The van der Waals surface area contributed by atoms with E-state index < -0.39 is 5.79 Å². The summed E-state index contributed by atoms with van der Waals surface area (Å²) < 4.78 is 18.3. The van der Waals surface area contributed by atoms with E-state index in [0.717, 1.165) is 31.6 Å². The van der Waals surface area contributed by atoms with Gasteiger partial charge in [0.15, 0.2) is 12.1 Å². The Labute approximate surface area is 145 Å². The minimum absolute atomic E-state index is 0.0630. The SMILES string of the molecule is CC(C)=C1C[C@H]2O[C@@H]3OC(C)(C)O[C@@H]3[C@@H]2[C@H]1C/C=C\CCCCl. The molecule has 0 bridgehead atoms. The van der Waals surface area contributed by atoms with Crippen LogP contribution in [0.15, 0.2) is 23.3 Å². The Balaban J connectivity index is 1.74. The molecular weight excluding hydrogens is 312 g/mol. The van der Waals surface area contributed by atoms with E-state index in [9.17, 15) is 0 Å². The van der Waals surface area contributed by atoms with Gasteiger partial charge in [0, 0.05) is 11.8 Å². The molecule has 130 valence electrons. The summed E-state index contributed by atoms with van der Waals surface area (Å²) >= 11 is 5.74. The Bertz CT molecular complexity index is 493. The van der Waals surface area contributed by atoms with Crippen molar-refractivity contribution in [2.75, 3.05) is 5.88 Å². The zero-order chi connectivity index (χ0) is 16.6. The third-order valence-corrected chi connectivity index (χ3v) is 5.51. The molecule has 1 aliphatic carbocycles. The zero-order valence-corrected chi connectivity index (χ0v) is 15.4. The number of hydrogen-bond donors (Lipinski definition) is 0. The fraction of sp³-hybridized carbons (Fsp3) is 0.789. The summed E-state index contributed by atoms with van der Waals surface area (Å²) in [7, 11) is 0. The van der Waals surface area contributed by atoms with Crippen LogP contribution in [-0.4, -0.2) is 30.2 Å². The Hall–Kier alpha value is -0.350. The van der Waals surface area contributed by atoms with Gasteiger partial charge in [0.25, 0.3) is 0 Å². The first-order chi connectivity index (χ1) is 10.9. The minimum atomic E-state index is -0.533. The lowest BCUT2D eigenvalue weighted by molar-refractivity contribution is -0.208. The summed E-state index contributed by atoms with van der Waals surface area (Å²) in [6, 6.07) is 0.